The first-order valence-corrected chi connectivity index (χ1v) is 9.81. The molecule has 0 spiro atoms. The van der Waals surface area contributed by atoms with Crippen LogP contribution < -0.4 is 16.6 Å². The fourth-order valence-electron chi connectivity index (χ4n) is 2.98. The number of nitrogens with one attached hydrogen (secondary N) is 1. The molecule has 0 amide bonds. The highest BCUT2D eigenvalue weighted by atomic mass is 16.5. The number of nitrogen functional groups attached to an aromatic ring is 1. The number of carbonyl (C=O) groups is 1. The van der Waals surface area contributed by atoms with Gasteiger partial charge in [0.1, 0.15) is 5.52 Å². The van der Waals surface area contributed by atoms with Crippen molar-refractivity contribution in [3.63, 3.8) is 0 Å². The van der Waals surface area contributed by atoms with Gasteiger partial charge in [-0.1, -0.05) is 35.5 Å². The van der Waals surface area contributed by atoms with Gasteiger partial charge in [-0.25, -0.2) is 4.68 Å². The van der Waals surface area contributed by atoms with E-state index in [2.05, 4.69) is 30.6 Å². The number of nitrogens with zero attached hydrogens (tertiary/aromatic N) is 6. The van der Waals surface area contributed by atoms with Crippen molar-refractivity contribution < 1.29 is 9.53 Å². The van der Waals surface area contributed by atoms with Crippen LogP contribution in [0.5, 0.6) is 0 Å². The van der Waals surface area contributed by atoms with Crippen molar-refractivity contribution in [2.45, 2.75) is 26.5 Å². The van der Waals surface area contributed by atoms with Gasteiger partial charge in [-0.2, -0.15) is 15.0 Å². The normalized spacial score (nSPS) is 10.8. The van der Waals surface area contributed by atoms with E-state index in [1.807, 2.05) is 31.2 Å². The number of rotatable bonds is 7. The molecule has 11 heteroatoms. The van der Waals surface area contributed by atoms with E-state index in [-0.39, 0.29) is 42.9 Å². The second kappa shape index (κ2) is 9.16. The van der Waals surface area contributed by atoms with Gasteiger partial charge in [0.25, 0.3) is 5.56 Å². The molecule has 0 aliphatic heterocycles. The van der Waals surface area contributed by atoms with E-state index in [0.29, 0.717) is 10.9 Å². The standard InChI is InChI=1S/C21H20N8O3/c1-13-6-2-4-8-15(13)23-21-25-17(24-20(22)26-21)12-32-18(30)10-11-29-19(31)14-7-3-5-9-16(14)27-28-29/h2-9H,10-12H2,1H3,(H3,22,23,24,25,26). The van der Waals surface area contributed by atoms with Crippen molar-refractivity contribution in [3.8, 4) is 0 Å². The van der Waals surface area contributed by atoms with Gasteiger partial charge in [-0.15, -0.1) is 5.10 Å². The number of aryl methyl sites for hydroxylation is 2. The summed E-state index contributed by atoms with van der Waals surface area (Å²) in [5.41, 5.74) is 7.77. The molecule has 0 fully saturated rings. The zero-order valence-corrected chi connectivity index (χ0v) is 17.2. The van der Waals surface area contributed by atoms with Crippen molar-refractivity contribution in [2.75, 3.05) is 11.1 Å². The molecule has 0 radical (unpaired) electrons. The predicted octanol–water partition coefficient (Wildman–Crippen LogP) is 1.74. The summed E-state index contributed by atoms with van der Waals surface area (Å²) < 4.78 is 6.36. The van der Waals surface area contributed by atoms with E-state index in [4.69, 9.17) is 10.5 Å². The number of esters is 1. The number of ether oxygens (including phenoxy) is 1. The molecule has 0 atom stereocenters. The highest BCUT2D eigenvalue weighted by molar-refractivity contribution is 5.76. The molecule has 2 heterocycles. The third-order valence-corrected chi connectivity index (χ3v) is 4.61. The number of aromatic nitrogens is 6. The van der Waals surface area contributed by atoms with Crippen LogP contribution in [0, 0.1) is 6.92 Å². The van der Waals surface area contributed by atoms with E-state index in [1.54, 1.807) is 24.3 Å². The molecule has 162 valence electrons. The van der Waals surface area contributed by atoms with Gasteiger partial charge in [-0.3, -0.25) is 9.59 Å². The molecule has 3 N–H and O–H groups in total. The van der Waals surface area contributed by atoms with Crippen LogP contribution in [-0.4, -0.2) is 35.9 Å². The largest absolute Gasteiger partial charge is 0.457 e. The number of nitrogens with two attached hydrogens (primary N) is 1. The maximum absolute atomic E-state index is 12.4. The van der Waals surface area contributed by atoms with Crippen molar-refractivity contribution in [1.82, 2.24) is 29.9 Å². The van der Waals surface area contributed by atoms with Crippen molar-refractivity contribution >= 4 is 34.5 Å². The second-order valence-corrected chi connectivity index (χ2v) is 6.92. The number of hydrogen-bond donors (Lipinski definition) is 2. The minimum absolute atomic E-state index is 0.000114. The van der Waals surface area contributed by atoms with Crippen LogP contribution >= 0.6 is 0 Å². The van der Waals surface area contributed by atoms with Gasteiger partial charge >= 0.3 is 5.97 Å². The summed E-state index contributed by atoms with van der Waals surface area (Å²) in [6.07, 6.45) is -0.0676. The van der Waals surface area contributed by atoms with E-state index in [0.717, 1.165) is 15.9 Å². The Morgan fingerprint density at radius 3 is 2.72 bits per heavy atom. The number of hydrogen-bond acceptors (Lipinski definition) is 10. The molecule has 2 aromatic carbocycles. The molecule has 0 aliphatic carbocycles. The Morgan fingerprint density at radius 1 is 1.09 bits per heavy atom. The molecular formula is C21H20N8O3. The van der Waals surface area contributed by atoms with E-state index < -0.39 is 5.97 Å². The van der Waals surface area contributed by atoms with Crippen LogP contribution in [0.3, 0.4) is 0 Å². The zero-order valence-electron chi connectivity index (χ0n) is 17.2. The molecule has 0 saturated carbocycles. The molecule has 0 aliphatic rings. The fraction of sp³-hybridized carbons (Fsp3) is 0.190. The van der Waals surface area contributed by atoms with Crippen LogP contribution in [0.15, 0.2) is 53.3 Å². The Balaban J connectivity index is 1.37. The quantitative estimate of drug-likeness (QED) is 0.413. The molecule has 0 bridgehead atoms. The summed E-state index contributed by atoms with van der Waals surface area (Å²) in [5, 5.41) is 11.3. The second-order valence-electron chi connectivity index (χ2n) is 6.92. The number of fused-ring (bicyclic) bond motifs is 1. The lowest BCUT2D eigenvalue weighted by Crippen LogP contribution is -2.25. The maximum Gasteiger partial charge on any atom is 0.308 e. The van der Waals surface area contributed by atoms with Crippen LogP contribution in [-0.2, 0) is 22.7 Å². The number of para-hydroxylation sites is 1. The molecule has 11 nitrogen and oxygen atoms in total. The average molecular weight is 432 g/mol. The number of carbonyl (C=O) groups excluding carboxylic acids is 1. The summed E-state index contributed by atoms with van der Waals surface area (Å²) in [5.74, 6) is -0.0974. The van der Waals surface area contributed by atoms with Gasteiger partial charge in [0, 0.05) is 5.69 Å². The molecule has 4 aromatic rings. The topological polar surface area (TPSA) is 151 Å². The Morgan fingerprint density at radius 2 is 1.88 bits per heavy atom. The van der Waals surface area contributed by atoms with Crippen LogP contribution in [0.4, 0.5) is 17.6 Å². The molecule has 0 unspecified atom stereocenters. The van der Waals surface area contributed by atoms with Gasteiger partial charge < -0.3 is 15.8 Å². The summed E-state index contributed by atoms with van der Waals surface area (Å²) in [4.78, 5) is 36.9. The summed E-state index contributed by atoms with van der Waals surface area (Å²) >= 11 is 0. The number of benzene rings is 2. The SMILES string of the molecule is Cc1ccccc1Nc1nc(N)nc(COC(=O)CCn2nnc3ccccc3c2=O)n1. The van der Waals surface area contributed by atoms with Gasteiger partial charge in [0.15, 0.2) is 12.4 Å². The number of anilines is 3. The predicted molar refractivity (Wildman–Crippen MR) is 117 cm³/mol. The first-order chi connectivity index (χ1) is 15.5. The highest BCUT2D eigenvalue weighted by Crippen LogP contribution is 2.18. The van der Waals surface area contributed by atoms with Crippen LogP contribution in [0.2, 0.25) is 0 Å². The molecule has 32 heavy (non-hydrogen) atoms. The zero-order chi connectivity index (χ0) is 22.5. The van der Waals surface area contributed by atoms with Gasteiger partial charge in [-0.05, 0) is 30.7 Å². The monoisotopic (exact) mass is 432 g/mol. The Bertz CT molecular complexity index is 1340. The third-order valence-electron chi connectivity index (χ3n) is 4.61. The lowest BCUT2D eigenvalue weighted by Gasteiger charge is -2.10. The minimum Gasteiger partial charge on any atom is -0.457 e. The van der Waals surface area contributed by atoms with Crippen LogP contribution in [0.25, 0.3) is 10.9 Å². The molecule has 0 saturated heterocycles. The van der Waals surface area contributed by atoms with E-state index >= 15 is 0 Å². The third kappa shape index (κ3) is 4.83. The molecular weight excluding hydrogens is 412 g/mol. The Labute approximate surface area is 182 Å². The first kappa shape index (κ1) is 20.8. The fourth-order valence-corrected chi connectivity index (χ4v) is 2.98. The minimum atomic E-state index is -0.542. The van der Waals surface area contributed by atoms with Gasteiger partial charge in [0.05, 0.1) is 18.4 Å². The van der Waals surface area contributed by atoms with Crippen molar-refractivity contribution in [1.29, 1.82) is 0 Å². The summed E-state index contributed by atoms with van der Waals surface area (Å²) in [7, 11) is 0. The molecule has 4 rings (SSSR count). The lowest BCUT2D eigenvalue weighted by molar-refractivity contribution is -0.145. The average Bonchev–Trinajstić information content (AvgIpc) is 2.79. The van der Waals surface area contributed by atoms with Gasteiger partial charge in [0.2, 0.25) is 11.9 Å². The Hall–Kier alpha value is -4.41. The van der Waals surface area contributed by atoms with Crippen LogP contribution in [0.1, 0.15) is 17.8 Å². The molecule has 2 aromatic heterocycles. The summed E-state index contributed by atoms with van der Waals surface area (Å²) in [6.45, 7) is 1.79. The first-order valence-electron chi connectivity index (χ1n) is 9.81. The maximum atomic E-state index is 12.4. The van der Waals surface area contributed by atoms with E-state index in [1.165, 1.54) is 0 Å². The summed E-state index contributed by atoms with van der Waals surface area (Å²) in [6, 6.07) is 14.5. The highest BCUT2D eigenvalue weighted by Gasteiger charge is 2.11. The lowest BCUT2D eigenvalue weighted by atomic mass is 10.2. The van der Waals surface area contributed by atoms with E-state index in [9.17, 15) is 9.59 Å². The van der Waals surface area contributed by atoms with Crippen molar-refractivity contribution in [3.05, 3.63) is 70.3 Å². The van der Waals surface area contributed by atoms with Crippen molar-refractivity contribution in [2.24, 2.45) is 0 Å². The Kier molecular flexibility index (Phi) is 5.97. The smallest absolute Gasteiger partial charge is 0.308 e.